The van der Waals surface area contributed by atoms with E-state index in [0.717, 1.165) is 9.55 Å². The van der Waals surface area contributed by atoms with Gasteiger partial charge in [0.25, 0.3) is 0 Å². The zero-order valence-corrected chi connectivity index (χ0v) is 2.11. The third-order valence-corrected chi connectivity index (χ3v) is 0. The van der Waals surface area contributed by atoms with Gasteiger partial charge in [0, 0.05) is 0 Å². The molecule has 0 radical (unpaired) electrons. The van der Waals surface area contributed by atoms with Crippen molar-refractivity contribution in [2.24, 2.45) is 0 Å². The Balaban J connectivity index is -0.0000000000549. The Morgan fingerprint density at radius 1 is 0.250 bits per heavy atom. The Labute approximate surface area is 118 Å². The SMILES string of the molecule is C.C.C.C.C.C.C.C.C.C.C.C.C.C.FP. The lowest BCUT2D eigenvalue weighted by Gasteiger charge is -1.10. The first kappa shape index (κ1) is 2090. The molecule has 0 fully saturated rings. The molecule has 0 N–H and O–H groups in total. The highest BCUT2D eigenvalue weighted by atomic mass is 31.1. The van der Waals surface area contributed by atoms with Gasteiger partial charge in [-0.3, -0.25) is 0 Å². The maximum atomic E-state index is 9.42. The van der Waals surface area contributed by atoms with Crippen LogP contribution in [0.25, 0.3) is 0 Å². The molecule has 0 aliphatic rings. The van der Waals surface area contributed by atoms with Crippen molar-refractivity contribution in [2.45, 2.75) is 104 Å². The van der Waals surface area contributed by atoms with Crippen LogP contribution in [0.5, 0.6) is 0 Å². The standard InChI is InChI=1S/14CH4.FH2P/c;;;;;;;;;;;;;;1-2/h14*1H4;2H2. The van der Waals surface area contributed by atoms with Crippen LogP contribution in [-0.4, -0.2) is 0 Å². The van der Waals surface area contributed by atoms with E-state index < -0.39 is 0 Å². The lowest BCUT2D eigenvalue weighted by molar-refractivity contribution is 0.941. The molecule has 0 amide bonds. The van der Waals surface area contributed by atoms with Gasteiger partial charge >= 0.3 is 0 Å². The van der Waals surface area contributed by atoms with Gasteiger partial charge in [-0.05, 0) is 0 Å². The fourth-order valence-electron chi connectivity index (χ4n) is 0. The van der Waals surface area contributed by atoms with E-state index in [2.05, 4.69) is 0 Å². The fraction of sp³-hybridized carbons (Fsp3) is 1.00. The first-order chi connectivity index (χ1) is 1.00. The Morgan fingerprint density at radius 3 is 0.250 bits per heavy atom. The van der Waals surface area contributed by atoms with Gasteiger partial charge in [-0.25, -0.2) is 4.20 Å². The second kappa shape index (κ2) is 24400. The van der Waals surface area contributed by atoms with Crippen LogP contribution in [-0.2, 0) is 0 Å². The molecule has 0 aliphatic heterocycles. The average molecular weight is 277 g/mol. The molecule has 0 rings (SSSR count). The van der Waals surface area contributed by atoms with Crippen LogP contribution >= 0.6 is 9.55 Å². The molecule has 0 aromatic rings. The summed E-state index contributed by atoms with van der Waals surface area (Å²) >= 11 is 0. The first-order valence-corrected chi connectivity index (χ1v) is 0.655. The van der Waals surface area contributed by atoms with Gasteiger partial charge in [0.2, 0.25) is 0 Å². The van der Waals surface area contributed by atoms with Crippen LogP contribution in [0.15, 0.2) is 0 Å². The molecule has 126 valence electrons. The summed E-state index contributed by atoms with van der Waals surface area (Å²) in [4.78, 5) is 0. The van der Waals surface area contributed by atoms with Crippen LogP contribution in [0.1, 0.15) is 104 Å². The summed E-state index contributed by atoms with van der Waals surface area (Å²) in [5.74, 6) is 0. The molecule has 0 saturated carbocycles. The minimum absolute atomic E-state index is 0. The first-order valence-electron chi connectivity index (χ1n) is 0.218. The van der Waals surface area contributed by atoms with Crippen LogP contribution in [0.2, 0.25) is 0 Å². The van der Waals surface area contributed by atoms with Crippen molar-refractivity contribution in [2.75, 3.05) is 0 Å². The molecule has 0 bridgehead atoms. The Kier molecular flexibility index (Phi) is 3190000. The lowest BCUT2D eigenvalue weighted by atomic mass is 12.0. The lowest BCUT2D eigenvalue weighted by Crippen LogP contribution is -0.383. The van der Waals surface area contributed by atoms with Crippen molar-refractivity contribution < 1.29 is 4.20 Å². The van der Waals surface area contributed by atoms with Crippen LogP contribution in [0.4, 0.5) is 4.20 Å². The van der Waals surface area contributed by atoms with Crippen molar-refractivity contribution >= 4 is 9.55 Å². The predicted octanol–water partition coefficient (Wildman–Crippen LogP) is 9.65. The fourth-order valence-corrected chi connectivity index (χ4v) is 0. The van der Waals surface area contributed by atoms with Crippen LogP contribution < -0.4 is 0 Å². The van der Waals surface area contributed by atoms with E-state index in [1.807, 2.05) is 0 Å². The van der Waals surface area contributed by atoms with E-state index in [-0.39, 0.29) is 104 Å². The number of hydrogen-bond acceptors (Lipinski definition) is 0. The molecule has 0 spiro atoms. The van der Waals surface area contributed by atoms with Crippen molar-refractivity contribution in [1.29, 1.82) is 0 Å². The smallest absolute Gasteiger partial charge is 0.0526 e. The predicted molar refractivity (Wildman–Crippen MR) is 105 cm³/mol. The van der Waals surface area contributed by atoms with E-state index >= 15 is 0 Å². The monoisotopic (exact) mass is 276 g/mol. The van der Waals surface area contributed by atoms with Crippen LogP contribution in [0, 0.1) is 0 Å². The Morgan fingerprint density at radius 2 is 0.250 bits per heavy atom. The van der Waals surface area contributed by atoms with Gasteiger partial charge in [-0.2, -0.15) is 0 Å². The topological polar surface area (TPSA) is 0 Å². The van der Waals surface area contributed by atoms with Gasteiger partial charge in [0.15, 0.2) is 0 Å². The molecule has 0 saturated heterocycles. The molecule has 1 atom stereocenters. The molecule has 16 heavy (non-hydrogen) atoms. The minimum atomic E-state index is 0. The average Bonchev–Trinajstić information content (AvgIpc) is 1.00. The zero-order valence-electron chi connectivity index (χ0n) is 0.955. The Bertz CT molecular complexity index is 10.7. The molecule has 1 unspecified atom stereocenters. The van der Waals surface area contributed by atoms with E-state index in [0.29, 0.717) is 0 Å². The summed E-state index contributed by atoms with van der Waals surface area (Å²) in [6.45, 7) is 0. The number of halogens is 1. The van der Waals surface area contributed by atoms with Gasteiger partial charge in [-0.1, -0.05) is 104 Å². The van der Waals surface area contributed by atoms with Crippen LogP contribution in [0.3, 0.4) is 0 Å². The molecule has 0 heterocycles. The zero-order chi connectivity index (χ0) is 2.00. The third-order valence-electron chi connectivity index (χ3n) is 0. The third kappa shape index (κ3) is 19800. The van der Waals surface area contributed by atoms with Gasteiger partial charge in [0.1, 0.15) is 0 Å². The molecule has 2 heteroatoms. The quantitative estimate of drug-likeness (QED) is 0.386. The largest absolute Gasteiger partial charge is 0.234 e. The van der Waals surface area contributed by atoms with Crippen molar-refractivity contribution in [1.82, 2.24) is 0 Å². The Hall–Kier alpha value is 0.360. The van der Waals surface area contributed by atoms with Crippen molar-refractivity contribution in [3.05, 3.63) is 0 Å². The maximum absolute atomic E-state index is 9.42. The highest BCUT2D eigenvalue weighted by molar-refractivity contribution is 7.09. The van der Waals surface area contributed by atoms with Gasteiger partial charge < -0.3 is 0 Å². The van der Waals surface area contributed by atoms with E-state index in [1.165, 1.54) is 0 Å². The van der Waals surface area contributed by atoms with E-state index in [4.69, 9.17) is 0 Å². The van der Waals surface area contributed by atoms with Gasteiger partial charge in [-0.15, -0.1) is 0 Å². The summed E-state index contributed by atoms with van der Waals surface area (Å²) < 4.78 is 9.42. The summed E-state index contributed by atoms with van der Waals surface area (Å²) in [7, 11) is 0.917. The molecule has 0 aromatic heterocycles. The summed E-state index contributed by atoms with van der Waals surface area (Å²) in [6, 6.07) is 0. The second-order valence-corrected chi connectivity index (χ2v) is 0. The molecular formula is C14H58FP. The normalized spacial score (nSPS) is 0.375. The van der Waals surface area contributed by atoms with E-state index in [1.54, 1.807) is 0 Å². The summed E-state index contributed by atoms with van der Waals surface area (Å²) in [5.41, 5.74) is 0. The number of hydrogen-bond donors (Lipinski definition) is 0. The molecular weight excluding hydrogens is 218 g/mol. The highest BCUT2D eigenvalue weighted by Gasteiger charge is 0.919. The number of rotatable bonds is 0. The molecule has 0 aromatic carbocycles. The highest BCUT2D eigenvalue weighted by Crippen LogP contribution is 1.66. The summed E-state index contributed by atoms with van der Waals surface area (Å²) in [5, 5.41) is 0. The second-order valence-electron chi connectivity index (χ2n) is 0. The van der Waals surface area contributed by atoms with Crippen molar-refractivity contribution in [3.8, 4) is 0 Å². The minimum Gasteiger partial charge on any atom is -0.234 e. The molecule has 0 aliphatic carbocycles. The maximum Gasteiger partial charge on any atom is 0.0526 e. The van der Waals surface area contributed by atoms with Gasteiger partial charge in [0.05, 0.1) is 9.55 Å². The molecule has 0 nitrogen and oxygen atoms in total. The summed E-state index contributed by atoms with van der Waals surface area (Å²) in [6.07, 6.45) is 0. The van der Waals surface area contributed by atoms with Crippen molar-refractivity contribution in [3.63, 3.8) is 0 Å². The van der Waals surface area contributed by atoms with E-state index in [9.17, 15) is 4.20 Å².